The van der Waals surface area contributed by atoms with Crippen molar-refractivity contribution < 1.29 is 14.1 Å². The van der Waals surface area contributed by atoms with E-state index in [4.69, 9.17) is 20.9 Å². The Morgan fingerprint density at radius 3 is 2.80 bits per heavy atom. The van der Waals surface area contributed by atoms with Gasteiger partial charge in [-0.05, 0) is 25.5 Å². The van der Waals surface area contributed by atoms with Crippen LogP contribution in [0.5, 0.6) is 0 Å². The van der Waals surface area contributed by atoms with Crippen LogP contribution < -0.4 is 0 Å². The Hall–Kier alpha value is -1.88. The van der Waals surface area contributed by atoms with Crippen molar-refractivity contribution in [3.63, 3.8) is 0 Å². The Balaban J connectivity index is 2.28. The average Bonchev–Trinajstić information content (AvgIpc) is 2.90. The first-order valence-corrected chi connectivity index (χ1v) is 6.80. The Morgan fingerprint density at radius 1 is 1.40 bits per heavy atom. The standard InChI is InChI=1S/C14H15ClN2O3/c1-3-9(14(18)19-4-2)13-16-12(17-20-13)10-7-5-6-8-11(10)15/h5-9H,3-4H2,1-2H3. The molecule has 0 saturated carbocycles. The van der Waals surface area contributed by atoms with E-state index in [-0.39, 0.29) is 11.9 Å². The highest BCUT2D eigenvalue weighted by Gasteiger charge is 2.26. The van der Waals surface area contributed by atoms with Crippen molar-refractivity contribution in [1.82, 2.24) is 10.1 Å². The SMILES string of the molecule is CCOC(=O)C(CC)c1nc(-c2ccccc2Cl)no1. The molecule has 0 aliphatic carbocycles. The fraction of sp³-hybridized carbons (Fsp3) is 0.357. The molecule has 5 nitrogen and oxygen atoms in total. The normalized spacial score (nSPS) is 12.2. The number of hydrogen-bond acceptors (Lipinski definition) is 5. The van der Waals surface area contributed by atoms with E-state index in [9.17, 15) is 4.79 Å². The van der Waals surface area contributed by atoms with Gasteiger partial charge in [0.25, 0.3) is 0 Å². The number of hydrogen-bond donors (Lipinski definition) is 0. The zero-order valence-corrected chi connectivity index (χ0v) is 12.1. The Labute approximate surface area is 121 Å². The van der Waals surface area contributed by atoms with Gasteiger partial charge >= 0.3 is 5.97 Å². The van der Waals surface area contributed by atoms with Gasteiger partial charge in [0.2, 0.25) is 11.7 Å². The molecule has 0 saturated heterocycles. The van der Waals surface area contributed by atoms with Crippen LogP contribution in [0.1, 0.15) is 32.1 Å². The topological polar surface area (TPSA) is 65.2 Å². The van der Waals surface area contributed by atoms with Crippen molar-refractivity contribution >= 4 is 17.6 Å². The highest BCUT2D eigenvalue weighted by atomic mass is 35.5. The molecule has 6 heteroatoms. The molecule has 1 atom stereocenters. The quantitative estimate of drug-likeness (QED) is 0.790. The second-order valence-electron chi connectivity index (χ2n) is 4.15. The van der Waals surface area contributed by atoms with E-state index in [1.165, 1.54) is 0 Å². The highest BCUT2D eigenvalue weighted by molar-refractivity contribution is 6.33. The van der Waals surface area contributed by atoms with Crippen LogP contribution in [-0.2, 0) is 9.53 Å². The molecule has 2 rings (SSSR count). The second-order valence-corrected chi connectivity index (χ2v) is 4.56. The summed E-state index contributed by atoms with van der Waals surface area (Å²) in [5, 5.41) is 4.41. The van der Waals surface area contributed by atoms with Gasteiger partial charge in [-0.1, -0.05) is 35.8 Å². The largest absolute Gasteiger partial charge is 0.465 e. The molecule has 0 radical (unpaired) electrons. The molecule has 0 amide bonds. The summed E-state index contributed by atoms with van der Waals surface area (Å²) in [6.07, 6.45) is 0.531. The van der Waals surface area contributed by atoms with Crippen LogP contribution in [-0.4, -0.2) is 22.7 Å². The molecular weight excluding hydrogens is 280 g/mol. The zero-order valence-electron chi connectivity index (χ0n) is 11.3. The molecule has 0 aliphatic rings. The molecule has 0 fully saturated rings. The number of halogens is 1. The highest BCUT2D eigenvalue weighted by Crippen LogP contribution is 2.27. The van der Waals surface area contributed by atoms with E-state index in [2.05, 4.69) is 10.1 Å². The van der Waals surface area contributed by atoms with Gasteiger partial charge in [0.05, 0.1) is 11.6 Å². The van der Waals surface area contributed by atoms with Crippen molar-refractivity contribution in [2.45, 2.75) is 26.2 Å². The summed E-state index contributed by atoms with van der Waals surface area (Å²) < 4.78 is 10.2. The third-order valence-electron chi connectivity index (χ3n) is 2.83. The van der Waals surface area contributed by atoms with Crippen LogP contribution in [0.25, 0.3) is 11.4 Å². The van der Waals surface area contributed by atoms with Crippen LogP contribution >= 0.6 is 11.6 Å². The van der Waals surface area contributed by atoms with Crippen LogP contribution in [0.15, 0.2) is 28.8 Å². The second kappa shape index (κ2) is 6.52. The van der Waals surface area contributed by atoms with Gasteiger partial charge in [-0.3, -0.25) is 4.79 Å². The molecule has 0 bridgehead atoms. The summed E-state index contributed by atoms with van der Waals surface area (Å²) >= 11 is 6.08. The fourth-order valence-corrected chi connectivity index (χ4v) is 2.03. The van der Waals surface area contributed by atoms with Gasteiger partial charge in [-0.25, -0.2) is 0 Å². The van der Waals surface area contributed by atoms with E-state index in [1.54, 1.807) is 19.1 Å². The fourth-order valence-electron chi connectivity index (χ4n) is 1.81. The van der Waals surface area contributed by atoms with Crippen LogP contribution in [0, 0.1) is 0 Å². The molecule has 1 aromatic carbocycles. The van der Waals surface area contributed by atoms with Crippen molar-refractivity contribution in [2.24, 2.45) is 0 Å². The lowest BCUT2D eigenvalue weighted by Crippen LogP contribution is -2.15. The average molecular weight is 295 g/mol. The van der Waals surface area contributed by atoms with Crippen molar-refractivity contribution in [1.29, 1.82) is 0 Å². The van der Waals surface area contributed by atoms with Gasteiger partial charge in [-0.15, -0.1) is 0 Å². The number of nitrogens with zero attached hydrogens (tertiary/aromatic N) is 2. The van der Waals surface area contributed by atoms with Crippen LogP contribution in [0.3, 0.4) is 0 Å². The van der Waals surface area contributed by atoms with Gasteiger partial charge in [0, 0.05) is 5.56 Å². The maximum atomic E-state index is 11.8. The van der Waals surface area contributed by atoms with Gasteiger partial charge in [0.1, 0.15) is 5.92 Å². The minimum atomic E-state index is -0.543. The number of ether oxygens (including phenoxy) is 1. The minimum absolute atomic E-state index is 0.251. The number of benzene rings is 1. The smallest absolute Gasteiger partial charge is 0.318 e. The molecule has 20 heavy (non-hydrogen) atoms. The molecule has 1 unspecified atom stereocenters. The first kappa shape index (κ1) is 14.5. The summed E-state index contributed by atoms with van der Waals surface area (Å²) in [6, 6.07) is 7.19. The molecule has 0 N–H and O–H groups in total. The third kappa shape index (κ3) is 2.99. The first-order chi connectivity index (χ1) is 9.67. The molecule has 1 heterocycles. The minimum Gasteiger partial charge on any atom is -0.465 e. The molecule has 2 aromatic rings. The number of rotatable bonds is 5. The summed E-state index contributed by atoms with van der Waals surface area (Å²) in [5.41, 5.74) is 0.669. The molecule has 1 aromatic heterocycles. The van der Waals surface area contributed by atoms with Crippen LogP contribution in [0.4, 0.5) is 0 Å². The van der Waals surface area contributed by atoms with E-state index in [0.717, 1.165) is 0 Å². The summed E-state index contributed by atoms with van der Waals surface area (Å²) in [5.74, 6) is -0.280. The predicted molar refractivity (Wildman–Crippen MR) is 74.4 cm³/mol. The first-order valence-electron chi connectivity index (χ1n) is 6.42. The molecular formula is C14H15ClN2O3. The van der Waals surface area contributed by atoms with Crippen molar-refractivity contribution in [2.75, 3.05) is 6.61 Å². The maximum absolute atomic E-state index is 11.8. The van der Waals surface area contributed by atoms with Gasteiger partial charge < -0.3 is 9.26 Å². The Morgan fingerprint density at radius 2 is 2.15 bits per heavy atom. The summed E-state index contributed by atoms with van der Waals surface area (Å²) in [6.45, 7) is 3.94. The monoisotopic (exact) mass is 294 g/mol. The van der Waals surface area contributed by atoms with E-state index in [1.807, 2.05) is 19.1 Å². The lowest BCUT2D eigenvalue weighted by atomic mass is 10.1. The summed E-state index contributed by atoms with van der Waals surface area (Å²) in [7, 11) is 0. The van der Waals surface area contributed by atoms with Crippen molar-refractivity contribution in [3.05, 3.63) is 35.2 Å². The van der Waals surface area contributed by atoms with E-state index < -0.39 is 5.92 Å². The van der Waals surface area contributed by atoms with Gasteiger partial charge in [0.15, 0.2) is 0 Å². The van der Waals surface area contributed by atoms with E-state index in [0.29, 0.717) is 29.4 Å². The third-order valence-corrected chi connectivity index (χ3v) is 3.16. The predicted octanol–water partition coefficient (Wildman–Crippen LogP) is 3.45. The molecule has 106 valence electrons. The number of carbonyl (C=O) groups is 1. The Bertz CT molecular complexity index is 598. The van der Waals surface area contributed by atoms with Gasteiger partial charge in [-0.2, -0.15) is 4.98 Å². The summed E-state index contributed by atoms with van der Waals surface area (Å²) in [4.78, 5) is 16.1. The Kier molecular flexibility index (Phi) is 4.74. The lowest BCUT2D eigenvalue weighted by Gasteiger charge is -2.08. The zero-order chi connectivity index (χ0) is 14.5. The number of carbonyl (C=O) groups excluding carboxylic acids is 1. The number of aromatic nitrogens is 2. The molecule has 0 aliphatic heterocycles. The molecule has 0 spiro atoms. The van der Waals surface area contributed by atoms with Crippen molar-refractivity contribution in [3.8, 4) is 11.4 Å². The van der Waals surface area contributed by atoms with Crippen LogP contribution in [0.2, 0.25) is 5.02 Å². The number of esters is 1. The van der Waals surface area contributed by atoms with E-state index >= 15 is 0 Å². The lowest BCUT2D eigenvalue weighted by molar-refractivity contribution is -0.145. The maximum Gasteiger partial charge on any atom is 0.318 e.